The SMILES string of the molecule is CC(OC(=O)c1cn(Cc2ccccc2)nn1)C(=O)N(c1nccs1)C1CCCCC1. The number of nitrogens with zero attached hydrogens (tertiary/aromatic N) is 5. The molecule has 1 aromatic carbocycles. The van der Waals surface area contributed by atoms with E-state index in [1.165, 1.54) is 24.0 Å². The van der Waals surface area contributed by atoms with Gasteiger partial charge in [0.05, 0.1) is 12.7 Å². The van der Waals surface area contributed by atoms with E-state index in [1.54, 1.807) is 22.7 Å². The molecule has 2 heterocycles. The molecule has 162 valence electrons. The van der Waals surface area contributed by atoms with Crippen molar-refractivity contribution in [3.63, 3.8) is 0 Å². The van der Waals surface area contributed by atoms with E-state index in [0.717, 1.165) is 31.2 Å². The van der Waals surface area contributed by atoms with Gasteiger partial charge in [0.2, 0.25) is 0 Å². The Balaban J connectivity index is 1.42. The zero-order valence-corrected chi connectivity index (χ0v) is 18.2. The van der Waals surface area contributed by atoms with Crippen molar-refractivity contribution in [1.82, 2.24) is 20.0 Å². The number of thiazole rings is 1. The second-order valence-electron chi connectivity index (χ2n) is 7.65. The first-order chi connectivity index (χ1) is 15.1. The number of carbonyl (C=O) groups is 2. The predicted octanol–water partition coefficient (Wildman–Crippen LogP) is 3.69. The maximum absolute atomic E-state index is 13.2. The summed E-state index contributed by atoms with van der Waals surface area (Å²) < 4.78 is 7.03. The van der Waals surface area contributed by atoms with Crippen LogP contribution in [0.1, 0.15) is 55.1 Å². The molecule has 1 saturated carbocycles. The number of benzene rings is 1. The van der Waals surface area contributed by atoms with E-state index in [2.05, 4.69) is 15.3 Å². The second-order valence-corrected chi connectivity index (χ2v) is 8.52. The first kappa shape index (κ1) is 21.2. The van der Waals surface area contributed by atoms with Crippen molar-refractivity contribution in [2.75, 3.05) is 4.90 Å². The summed E-state index contributed by atoms with van der Waals surface area (Å²) in [7, 11) is 0. The molecule has 0 saturated heterocycles. The van der Waals surface area contributed by atoms with Gasteiger partial charge < -0.3 is 4.74 Å². The standard InChI is InChI=1S/C22H25N5O3S/c1-16(20(28)27(22-23-12-13-31-22)18-10-6-3-7-11-18)30-21(29)19-15-26(25-24-19)14-17-8-4-2-5-9-17/h2,4-5,8-9,12-13,15-16,18H,3,6-7,10-11,14H2,1H3. The molecule has 1 unspecified atom stereocenters. The largest absolute Gasteiger partial charge is 0.448 e. The highest BCUT2D eigenvalue weighted by atomic mass is 32.1. The van der Waals surface area contributed by atoms with Crippen LogP contribution in [0.5, 0.6) is 0 Å². The molecular weight excluding hydrogens is 414 g/mol. The molecule has 0 bridgehead atoms. The number of anilines is 1. The van der Waals surface area contributed by atoms with Crippen LogP contribution in [0, 0.1) is 0 Å². The van der Waals surface area contributed by atoms with Crippen molar-refractivity contribution < 1.29 is 14.3 Å². The minimum Gasteiger partial charge on any atom is -0.448 e. The van der Waals surface area contributed by atoms with Crippen LogP contribution in [0.15, 0.2) is 48.1 Å². The lowest BCUT2D eigenvalue weighted by Crippen LogP contribution is -2.47. The summed E-state index contributed by atoms with van der Waals surface area (Å²) in [4.78, 5) is 31.9. The van der Waals surface area contributed by atoms with E-state index in [9.17, 15) is 9.59 Å². The van der Waals surface area contributed by atoms with Crippen molar-refractivity contribution in [2.24, 2.45) is 0 Å². The van der Waals surface area contributed by atoms with E-state index < -0.39 is 12.1 Å². The lowest BCUT2D eigenvalue weighted by atomic mass is 9.94. The maximum atomic E-state index is 13.2. The quantitative estimate of drug-likeness (QED) is 0.522. The first-order valence-corrected chi connectivity index (χ1v) is 11.4. The van der Waals surface area contributed by atoms with Gasteiger partial charge in [0.1, 0.15) is 0 Å². The summed E-state index contributed by atoms with van der Waals surface area (Å²) in [5, 5.41) is 10.4. The zero-order valence-electron chi connectivity index (χ0n) is 17.4. The Morgan fingerprint density at radius 3 is 2.71 bits per heavy atom. The number of aromatic nitrogens is 4. The van der Waals surface area contributed by atoms with Gasteiger partial charge in [-0.25, -0.2) is 14.5 Å². The number of hydrogen-bond donors (Lipinski definition) is 0. The molecule has 0 radical (unpaired) electrons. The molecule has 3 aromatic rings. The van der Waals surface area contributed by atoms with Crippen molar-refractivity contribution in [3.05, 3.63) is 59.4 Å². The number of hydrogen-bond acceptors (Lipinski definition) is 7. The van der Waals surface area contributed by atoms with E-state index in [4.69, 9.17) is 4.74 Å². The topological polar surface area (TPSA) is 90.2 Å². The first-order valence-electron chi connectivity index (χ1n) is 10.5. The molecule has 0 N–H and O–H groups in total. The van der Waals surface area contributed by atoms with Crippen LogP contribution in [0.3, 0.4) is 0 Å². The number of amides is 1. The molecule has 1 atom stereocenters. The van der Waals surface area contributed by atoms with Gasteiger partial charge in [0, 0.05) is 17.6 Å². The van der Waals surface area contributed by atoms with Crippen LogP contribution in [0.25, 0.3) is 0 Å². The van der Waals surface area contributed by atoms with Gasteiger partial charge in [0.25, 0.3) is 5.91 Å². The summed E-state index contributed by atoms with van der Waals surface area (Å²) in [5.41, 5.74) is 1.12. The molecule has 9 heteroatoms. The van der Waals surface area contributed by atoms with Crippen molar-refractivity contribution >= 4 is 28.3 Å². The Labute approximate surface area is 184 Å². The molecular formula is C22H25N5O3S. The summed E-state index contributed by atoms with van der Waals surface area (Å²) in [6.07, 6.45) is 7.48. The van der Waals surface area contributed by atoms with Crippen LogP contribution < -0.4 is 4.90 Å². The Morgan fingerprint density at radius 1 is 1.23 bits per heavy atom. The molecule has 1 aliphatic carbocycles. The van der Waals surface area contributed by atoms with Gasteiger partial charge in [-0.05, 0) is 25.3 Å². The molecule has 1 fully saturated rings. The van der Waals surface area contributed by atoms with E-state index in [0.29, 0.717) is 11.7 Å². The van der Waals surface area contributed by atoms with E-state index in [-0.39, 0.29) is 17.6 Å². The van der Waals surface area contributed by atoms with Crippen LogP contribution in [-0.2, 0) is 16.1 Å². The molecule has 31 heavy (non-hydrogen) atoms. The summed E-state index contributed by atoms with van der Waals surface area (Å²) in [6, 6.07) is 9.84. The molecule has 2 aromatic heterocycles. The summed E-state index contributed by atoms with van der Waals surface area (Å²) in [6.45, 7) is 2.09. The van der Waals surface area contributed by atoms with Crippen molar-refractivity contribution in [2.45, 2.75) is 57.7 Å². The predicted molar refractivity (Wildman–Crippen MR) is 117 cm³/mol. The summed E-state index contributed by atoms with van der Waals surface area (Å²) in [5.74, 6) is -0.922. The fourth-order valence-electron chi connectivity index (χ4n) is 3.81. The van der Waals surface area contributed by atoms with Crippen LogP contribution in [-0.4, -0.2) is 44.0 Å². The zero-order chi connectivity index (χ0) is 21.6. The van der Waals surface area contributed by atoms with Gasteiger partial charge in [-0.15, -0.1) is 16.4 Å². The minimum absolute atomic E-state index is 0.0778. The fourth-order valence-corrected chi connectivity index (χ4v) is 4.53. The average Bonchev–Trinajstić information content (AvgIpc) is 3.48. The maximum Gasteiger partial charge on any atom is 0.361 e. The van der Waals surface area contributed by atoms with Gasteiger partial charge in [-0.3, -0.25) is 9.69 Å². The number of ether oxygens (including phenoxy) is 1. The lowest BCUT2D eigenvalue weighted by Gasteiger charge is -2.33. The number of carbonyl (C=O) groups excluding carboxylic acids is 2. The van der Waals surface area contributed by atoms with Crippen molar-refractivity contribution in [1.29, 1.82) is 0 Å². The minimum atomic E-state index is -0.947. The second kappa shape index (κ2) is 9.82. The van der Waals surface area contributed by atoms with Crippen LogP contribution in [0.2, 0.25) is 0 Å². The molecule has 0 spiro atoms. The van der Waals surface area contributed by atoms with Crippen LogP contribution in [0.4, 0.5) is 5.13 Å². The number of rotatable bonds is 7. The Morgan fingerprint density at radius 2 is 2.00 bits per heavy atom. The lowest BCUT2D eigenvalue weighted by molar-refractivity contribution is -0.127. The Kier molecular flexibility index (Phi) is 6.71. The smallest absolute Gasteiger partial charge is 0.361 e. The van der Waals surface area contributed by atoms with Gasteiger partial charge in [0.15, 0.2) is 16.9 Å². The highest BCUT2D eigenvalue weighted by Crippen LogP contribution is 2.29. The van der Waals surface area contributed by atoms with E-state index >= 15 is 0 Å². The third kappa shape index (κ3) is 5.16. The molecule has 8 nitrogen and oxygen atoms in total. The number of esters is 1. The molecule has 1 aliphatic rings. The van der Waals surface area contributed by atoms with E-state index in [1.807, 2.05) is 35.7 Å². The van der Waals surface area contributed by atoms with Gasteiger partial charge >= 0.3 is 5.97 Å². The Hall–Kier alpha value is -3.07. The third-order valence-corrected chi connectivity index (χ3v) is 6.14. The third-order valence-electron chi connectivity index (χ3n) is 5.37. The summed E-state index contributed by atoms with van der Waals surface area (Å²) >= 11 is 1.42. The molecule has 4 rings (SSSR count). The Bertz CT molecular complexity index is 999. The van der Waals surface area contributed by atoms with Gasteiger partial charge in [-0.1, -0.05) is 54.8 Å². The van der Waals surface area contributed by atoms with Crippen LogP contribution >= 0.6 is 11.3 Å². The molecule has 1 amide bonds. The highest BCUT2D eigenvalue weighted by molar-refractivity contribution is 7.13. The monoisotopic (exact) mass is 439 g/mol. The fraction of sp³-hybridized carbons (Fsp3) is 0.409. The highest BCUT2D eigenvalue weighted by Gasteiger charge is 2.33. The van der Waals surface area contributed by atoms with Crippen molar-refractivity contribution in [3.8, 4) is 0 Å². The normalized spacial score (nSPS) is 15.4. The average molecular weight is 440 g/mol. The van der Waals surface area contributed by atoms with Gasteiger partial charge in [-0.2, -0.15) is 0 Å². The molecule has 0 aliphatic heterocycles.